The molecule has 0 aliphatic carbocycles. The number of thiophene rings is 1. The molecule has 2 aromatic heterocycles. The maximum Gasteiger partial charge on any atom is 0.272 e. The van der Waals surface area contributed by atoms with Gasteiger partial charge in [0.25, 0.3) is 5.91 Å². The fraction of sp³-hybridized carbons (Fsp3) is 0.176. The van der Waals surface area contributed by atoms with Crippen LogP contribution in [-0.2, 0) is 11.8 Å². The van der Waals surface area contributed by atoms with Crippen LogP contribution in [0.15, 0.2) is 40.7 Å². The molecule has 0 saturated carbocycles. The van der Waals surface area contributed by atoms with E-state index in [1.165, 1.54) is 17.4 Å². The minimum Gasteiger partial charge on any atom is -0.495 e. The van der Waals surface area contributed by atoms with Crippen molar-refractivity contribution in [2.75, 3.05) is 14.2 Å². The number of fused-ring (bicyclic) bond motifs is 1. The first kappa shape index (κ1) is 16.5. The third-order valence-electron chi connectivity index (χ3n) is 3.45. The highest BCUT2D eigenvalue weighted by Crippen LogP contribution is 2.34. The summed E-state index contributed by atoms with van der Waals surface area (Å²) in [5.74, 6) is 1.14. The van der Waals surface area contributed by atoms with Crippen LogP contribution < -0.4 is 14.3 Å². The second-order valence-electron chi connectivity index (χ2n) is 4.89. The van der Waals surface area contributed by atoms with Crippen LogP contribution in [0.3, 0.4) is 0 Å². The number of rotatable bonds is 4. The van der Waals surface area contributed by atoms with E-state index in [1.54, 1.807) is 31.6 Å². The summed E-state index contributed by atoms with van der Waals surface area (Å²) in [4.78, 5) is 17.9. The Bertz CT molecular complexity index is 966. The van der Waals surface area contributed by atoms with Crippen molar-refractivity contribution in [2.45, 2.75) is 0 Å². The number of amides is 1. The number of hydrogen-bond acceptors (Lipinski definition) is 5. The molecule has 3 rings (SSSR count). The van der Waals surface area contributed by atoms with E-state index in [1.807, 2.05) is 41.3 Å². The largest absolute Gasteiger partial charge is 0.495 e. The van der Waals surface area contributed by atoms with Crippen molar-refractivity contribution in [1.82, 2.24) is 4.57 Å². The number of ether oxygens (including phenoxy) is 2. The Kier molecular flexibility index (Phi) is 4.82. The Morgan fingerprint density at radius 2 is 1.96 bits per heavy atom. The Labute approximate surface area is 147 Å². The lowest BCUT2D eigenvalue weighted by Crippen LogP contribution is -2.12. The van der Waals surface area contributed by atoms with E-state index in [9.17, 15) is 4.79 Å². The van der Waals surface area contributed by atoms with Gasteiger partial charge in [-0.25, -0.2) is 0 Å². The molecule has 0 radical (unpaired) electrons. The molecule has 0 unspecified atom stereocenters. The van der Waals surface area contributed by atoms with Gasteiger partial charge in [0.1, 0.15) is 21.7 Å². The van der Waals surface area contributed by atoms with Gasteiger partial charge in [-0.15, -0.1) is 11.3 Å². The van der Waals surface area contributed by atoms with E-state index in [0.717, 1.165) is 20.8 Å². The quantitative estimate of drug-likeness (QED) is 0.670. The third kappa shape index (κ3) is 3.13. The highest BCUT2D eigenvalue weighted by molar-refractivity contribution is 7.16. The Hall–Kier alpha value is -2.38. The number of aryl methyl sites for hydroxylation is 1. The van der Waals surface area contributed by atoms with Crippen LogP contribution in [0, 0.1) is 0 Å². The van der Waals surface area contributed by atoms with Gasteiger partial charge in [-0.3, -0.25) is 4.79 Å². The second-order valence-corrected chi connectivity index (χ2v) is 6.85. The lowest BCUT2D eigenvalue weighted by Gasteiger charge is -2.06. The summed E-state index contributed by atoms with van der Waals surface area (Å²) in [5.41, 5.74) is 0.857. The van der Waals surface area contributed by atoms with Gasteiger partial charge in [-0.1, -0.05) is 17.4 Å². The van der Waals surface area contributed by atoms with Crippen LogP contribution in [0.25, 0.3) is 16.3 Å². The average molecular weight is 360 g/mol. The van der Waals surface area contributed by atoms with Crippen LogP contribution in [0.2, 0.25) is 0 Å². The SMILES string of the molecule is COc1ccc(OC)c2c1sc(=NC(=O)C=Cc1cccs1)n2C. The molecule has 1 amide bonds. The predicted octanol–water partition coefficient (Wildman–Crippen LogP) is 3.46. The highest BCUT2D eigenvalue weighted by Gasteiger charge is 2.13. The molecule has 0 fully saturated rings. The van der Waals surface area contributed by atoms with Crippen LogP contribution in [0.4, 0.5) is 0 Å². The second kappa shape index (κ2) is 7.02. The lowest BCUT2D eigenvalue weighted by molar-refractivity contribution is -0.113. The van der Waals surface area contributed by atoms with E-state index in [2.05, 4.69) is 4.99 Å². The fourth-order valence-corrected chi connectivity index (χ4v) is 4.05. The fourth-order valence-electron chi connectivity index (χ4n) is 2.30. The van der Waals surface area contributed by atoms with E-state index < -0.39 is 0 Å². The molecule has 0 saturated heterocycles. The van der Waals surface area contributed by atoms with Crippen molar-refractivity contribution >= 4 is 44.9 Å². The number of nitrogens with zero attached hydrogens (tertiary/aromatic N) is 2. The first-order valence-electron chi connectivity index (χ1n) is 7.15. The van der Waals surface area contributed by atoms with Gasteiger partial charge in [-0.05, 0) is 29.7 Å². The topological polar surface area (TPSA) is 52.8 Å². The van der Waals surface area contributed by atoms with Gasteiger partial charge >= 0.3 is 0 Å². The summed E-state index contributed by atoms with van der Waals surface area (Å²) in [5, 5.41) is 1.96. The zero-order chi connectivity index (χ0) is 17.1. The standard InChI is InChI=1S/C17H16N2O3S2/c1-19-15-12(21-2)7-8-13(22-3)16(15)24-17(19)18-14(20)9-6-11-5-4-10-23-11/h4-10H,1-3H3. The Morgan fingerprint density at radius 3 is 2.62 bits per heavy atom. The molecular formula is C17H16N2O3S2. The Morgan fingerprint density at radius 1 is 1.21 bits per heavy atom. The van der Waals surface area contributed by atoms with Gasteiger partial charge in [0, 0.05) is 18.0 Å². The summed E-state index contributed by atoms with van der Waals surface area (Å²) in [7, 11) is 5.09. The minimum absolute atomic E-state index is 0.302. The van der Waals surface area contributed by atoms with E-state index in [-0.39, 0.29) is 5.91 Å². The molecule has 0 N–H and O–H groups in total. The monoisotopic (exact) mass is 360 g/mol. The number of carbonyl (C=O) groups excluding carboxylic acids is 1. The van der Waals surface area contributed by atoms with Crippen LogP contribution in [0.1, 0.15) is 4.88 Å². The average Bonchev–Trinajstić information content (AvgIpc) is 3.21. The molecule has 3 aromatic rings. The van der Waals surface area contributed by atoms with Crippen LogP contribution >= 0.6 is 22.7 Å². The molecule has 124 valence electrons. The first-order valence-corrected chi connectivity index (χ1v) is 8.84. The van der Waals surface area contributed by atoms with Gasteiger partial charge in [0.05, 0.1) is 14.2 Å². The first-order chi connectivity index (χ1) is 11.6. The number of hydrogen-bond donors (Lipinski definition) is 0. The van der Waals surface area contributed by atoms with E-state index >= 15 is 0 Å². The van der Waals surface area contributed by atoms with Gasteiger partial charge in [-0.2, -0.15) is 4.99 Å². The molecule has 7 heteroatoms. The molecule has 0 aliphatic rings. The molecule has 0 aliphatic heterocycles. The molecule has 0 bridgehead atoms. The summed E-state index contributed by atoms with van der Waals surface area (Å²) in [6.45, 7) is 0. The third-order valence-corrected chi connectivity index (χ3v) is 5.44. The zero-order valence-corrected chi connectivity index (χ0v) is 15.1. The van der Waals surface area contributed by atoms with Crippen LogP contribution in [0.5, 0.6) is 11.5 Å². The number of methoxy groups -OCH3 is 2. The summed E-state index contributed by atoms with van der Waals surface area (Å²) in [6, 6.07) is 7.58. The van der Waals surface area contributed by atoms with Crippen molar-refractivity contribution < 1.29 is 14.3 Å². The predicted molar refractivity (Wildman–Crippen MR) is 97.8 cm³/mol. The molecular weight excluding hydrogens is 344 g/mol. The molecule has 2 heterocycles. The number of benzene rings is 1. The maximum atomic E-state index is 12.1. The summed E-state index contributed by atoms with van der Waals surface area (Å²) in [6.07, 6.45) is 3.25. The number of thiazole rings is 1. The number of carbonyl (C=O) groups is 1. The van der Waals surface area contributed by atoms with Gasteiger partial charge in [0.15, 0.2) is 4.80 Å². The van der Waals surface area contributed by atoms with Crippen molar-refractivity contribution in [1.29, 1.82) is 0 Å². The molecule has 1 aromatic carbocycles. The van der Waals surface area contributed by atoms with Crippen LogP contribution in [-0.4, -0.2) is 24.7 Å². The minimum atomic E-state index is -0.302. The lowest BCUT2D eigenvalue weighted by atomic mass is 10.3. The molecule has 0 spiro atoms. The van der Waals surface area contributed by atoms with Crippen molar-refractivity contribution in [3.63, 3.8) is 0 Å². The van der Waals surface area contributed by atoms with Gasteiger partial charge in [0.2, 0.25) is 0 Å². The van der Waals surface area contributed by atoms with E-state index in [4.69, 9.17) is 9.47 Å². The normalized spacial score (nSPS) is 12.2. The van der Waals surface area contributed by atoms with E-state index in [0.29, 0.717) is 10.6 Å². The molecule has 24 heavy (non-hydrogen) atoms. The smallest absolute Gasteiger partial charge is 0.272 e. The van der Waals surface area contributed by atoms with Crippen molar-refractivity contribution in [3.05, 3.63) is 45.4 Å². The number of aromatic nitrogens is 1. The van der Waals surface area contributed by atoms with Crippen molar-refractivity contribution in [3.8, 4) is 11.5 Å². The summed E-state index contributed by atoms with van der Waals surface area (Å²) >= 11 is 2.97. The Balaban J connectivity index is 2.06. The zero-order valence-electron chi connectivity index (χ0n) is 13.5. The summed E-state index contributed by atoms with van der Waals surface area (Å²) < 4.78 is 13.6. The maximum absolute atomic E-state index is 12.1. The molecule has 5 nitrogen and oxygen atoms in total. The highest BCUT2D eigenvalue weighted by atomic mass is 32.1. The molecule has 0 atom stereocenters. The van der Waals surface area contributed by atoms with Crippen molar-refractivity contribution in [2.24, 2.45) is 12.0 Å². The van der Waals surface area contributed by atoms with Gasteiger partial charge < -0.3 is 14.0 Å².